The number of aromatic nitrogens is 6. The van der Waals surface area contributed by atoms with Crippen LogP contribution < -0.4 is 16.4 Å². The molecule has 7 rings (SSSR count). The van der Waals surface area contributed by atoms with Crippen LogP contribution in [0.3, 0.4) is 0 Å². The van der Waals surface area contributed by atoms with Gasteiger partial charge in [-0.2, -0.15) is 10.2 Å². The molecule has 0 unspecified atom stereocenters. The lowest BCUT2D eigenvalue weighted by molar-refractivity contribution is 0.0688. The van der Waals surface area contributed by atoms with Crippen LogP contribution in [-0.2, 0) is 12.8 Å². The number of amides is 1. The number of nitrogens with one attached hydrogen (secondary N) is 3. The molecule has 2 aromatic carbocycles. The molecule has 13 heteroatoms. The molecule has 4 N–H and O–H groups in total. The number of H-pyrrole nitrogens is 2. The van der Waals surface area contributed by atoms with Crippen molar-refractivity contribution in [1.82, 2.24) is 40.6 Å². The molecule has 0 saturated carbocycles. The van der Waals surface area contributed by atoms with Gasteiger partial charge in [0.15, 0.2) is 0 Å². The van der Waals surface area contributed by atoms with Crippen molar-refractivity contribution in [3.05, 3.63) is 140 Å². The molecule has 236 valence electrons. The second kappa shape index (κ2) is 13.9. The molecule has 1 fully saturated rings. The van der Waals surface area contributed by atoms with Gasteiger partial charge >= 0.3 is 5.97 Å². The van der Waals surface area contributed by atoms with Crippen LogP contribution in [0.25, 0.3) is 21.5 Å². The molecule has 0 aliphatic carbocycles. The largest absolute Gasteiger partial charge is 0.477 e. The van der Waals surface area contributed by atoms with Crippen LogP contribution in [0.4, 0.5) is 0 Å². The predicted octanol–water partition coefficient (Wildman–Crippen LogP) is 2.56. The number of nitrogens with zero attached hydrogens (tertiary/aromatic N) is 5. The minimum absolute atomic E-state index is 0.0127. The molecule has 4 aromatic heterocycles. The molecule has 0 atom stereocenters. The first-order valence-corrected chi connectivity index (χ1v) is 14.9. The second-order valence-electron chi connectivity index (χ2n) is 10.8. The topological polar surface area (TPSA) is 187 Å². The summed E-state index contributed by atoms with van der Waals surface area (Å²) in [6, 6.07) is 24.8. The van der Waals surface area contributed by atoms with Crippen molar-refractivity contribution in [3.63, 3.8) is 0 Å². The van der Waals surface area contributed by atoms with Crippen LogP contribution in [0.1, 0.15) is 43.8 Å². The lowest BCUT2D eigenvalue weighted by Crippen LogP contribution is -2.46. The van der Waals surface area contributed by atoms with Crippen molar-refractivity contribution in [1.29, 1.82) is 0 Å². The van der Waals surface area contributed by atoms with Gasteiger partial charge in [0.05, 0.1) is 22.2 Å². The fraction of sp³-hybridized carbons (Fsp3) is 0.176. The van der Waals surface area contributed by atoms with Crippen molar-refractivity contribution in [2.45, 2.75) is 12.8 Å². The third kappa shape index (κ3) is 7.10. The van der Waals surface area contributed by atoms with Gasteiger partial charge in [-0.3, -0.25) is 14.4 Å². The fourth-order valence-electron chi connectivity index (χ4n) is 5.38. The van der Waals surface area contributed by atoms with E-state index in [9.17, 15) is 19.2 Å². The minimum atomic E-state index is -1.07. The number of fused-ring (bicyclic) bond motifs is 2. The summed E-state index contributed by atoms with van der Waals surface area (Å²) >= 11 is 0. The highest BCUT2D eigenvalue weighted by Gasteiger charge is 2.19. The molecule has 1 amide bonds. The molecular weight excluding hydrogens is 600 g/mol. The van der Waals surface area contributed by atoms with Gasteiger partial charge in [0, 0.05) is 61.2 Å². The van der Waals surface area contributed by atoms with E-state index in [-0.39, 0.29) is 22.7 Å². The summed E-state index contributed by atoms with van der Waals surface area (Å²) in [5, 5.41) is 28.1. The van der Waals surface area contributed by atoms with E-state index in [0.717, 1.165) is 35.2 Å². The SMILES string of the molecule is O=C(O)c1cccc(Cc2n[nH]c(=O)c3ccccc23)n1.O=C(c1cccc(Cc2n[nH]c(=O)c3ccccc23)n1)N1CCNCC1. The molecular formula is C34H30N8O5. The van der Waals surface area contributed by atoms with Gasteiger partial charge in [0.25, 0.3) is 17.0 Å². The van der Waals surface area contributed by atoms with E-state index in [2.05, 4.69) is 35.7 Å². The summed E-state index contributed by atoms with van der Waals surface area (Å²) in [5.41, 5.74) is 2.69. The summed E-state index contributed by atoms with van der Waals surface area (Å²) in [6.07, 6.45) is 0.790. The monoisotopic (exact) mass is 630 g/mol. The summed E-state index contributed by atoms with van der Waals surface area (Å²) < 4.78 is 0. The molecule has 1 saturated heterocycles. The van der Waals surface area contributed by atoms with Gasteiger partial charge in [0.2, 0.25) is 0 Å². The molecule has 13 nitrogen and oxygen atoms in total. The van der Waals surface area contributed by atoms with Crippen molar-refractivity contribution in [3.8, 4) is 0 Å². The molecule has 1 aliphatic heterocycles. The summed E-state index contributed by atoms with van der Waals surface area (Å²) in [7, 11) is 0. The summed E-state index contributed by atoms with van der Waals surface area (Å²) in [6.45, 7) is 2.99. The van der Waals surface area contributed by atoms with Gasteiger partial charge in [-0.05, 0) is 36.4 Å². The van der Waals surface area contributed by atoms with E-state index in [1.165, 1.54) is 6.07 Å². The molecule has 47 heavy (non-hydrogen) atoms. The van der Waals surface area contributed by atoms with E-state index in [1.54, 1.807) is 36.4 Å². The van der Waals surface area contributed by atoms with Crippen molar-refractivity contribution < 1.29 is 14.7 Å². The highest BCUT2D eigenvalue weighted by Crippen LogP contribution is 2.17. The van der Waals surface area contributed by atoms with Crippen molar-refractivity contribution >= 4 is 33.4 Å². The van der Waals surface area contributed by atoms with E-state index < -0.39 is 5.97 Å². The third-order valence-electron chi connectivity index (χ3n) is 7.70. The Kier molecular flexibility index (Phi) is 9.16. The Bertz CT molecular complexity index is 2210. The Morgan fingerprint density at radius 2 is 1.11 bits per heavy atom. The van der Waals surface area contributed by atoms with E-state index in [1.807, 2.05) is 47.4 Å². The van der Waals surface area contributed by atoms with Gasteiger partial charge in [-0.25, -0.2) is 25.0 Å². The Hall–Kier alpha value is -6.08. The van der Waals surface area contributed by atoms with Gasteiger partial charge in [-0.15, -0.1) is 0 Å². The van der Waals surface area contributed by atoms with E-state index in [4.69, 9.17) is 5.11 Å². The number of carbonyl (C=O) groups is 2. The van der Waals surface area contributed by atoms with E-state index >= 15 is 0 Å². The smallest absolute Gasteiger partial charge is 0.354 e. The number of hydrogen-bond donors (Lipinski definition) is 4. The van der Waals surface area contributed by atoms with Gasteiger partial charge in [-0.1, -0.05) is 48.5 Å². The second-order valence-corrected chi connectivity index (χ2v) is 10.8. The van der Waals surface area contributed by atoms with Crippen LogP contribution in [0.2, 0.25) is 0 Å². The number of piperazine rings is 1. The van der Waals surface area contributed by atoms with Crippen LogP contribution in [0.5, 0.6) is 0 Å². The molecule has 5 heterocycles. The Morgan fingerprint density at radius 3 is 1.62 bits per heavy atom. The van der Waals surface area contributed by atoms with Crippen LogP contribution in [-0.4, -0.2) is 78.4 Å². The molecule has 0 bridgehead atoms. The van der Waals surface area contributed by atoms with Crippen molar-refractivity contribution in [2.75, 3.05) is 26.2 Å². The average Bonchev–Trinajstić information content (AvgIpc) is 3.11. The van der Waals surface area contributed by atoms with Gasteiger partial charge < -0.3 is 15.3 Å². The Labute approximate surface area is 267 Å². The first kappa shape index (κ1) is 30.9. The van der Waals surface area contributed by atoms with E-state index in [0.29, 0.717) is 53.8 Å². The number of carboxylic acids is 1. The number of carbonyl (C=O) groups excluding carboxylic acids is 1. The quantitative estimate of drug-likeness (QED) is 0.213. The third-order valence-corrected chi connectivity index (χ3v) is 7.70. The maximum atomic E-state index is 12.6. The maximum Gasteiger partial charge on any atom is 0.354 e. The highest BCUT2D eigenvalue weighted by molar-refractivity contribution is 5.92. The minimum Gasteiger partial charge on any atom is -0.477 e. The zero-order valence-electron chi connectivity index (χ0n) is 25.1. The fourth-order valence-corrected chi connectivity index (χ4v) is 5.38. The van der Waals surface area contributed by atoms with Gasteiger partial charge in [0.1, 0.15) is 11.4 Å². The Balaban J connectivity index is 0.000000168. The summed E-state index contributed by atoms with van der Waals surface area (Å²) in [5.74, 6) is -1.12. The molecule has 0 spiro atoms. The standard InChI is InChI=1S/C19H19N5O2.C15H11N3O3/c25-18-15-6-2-1-5-14(15)17(22-23-18)12-13-4-3-7-16(21-13)19(26)24-10-8-20-9-11-24;19-14-11-6-2-1-5-10(11)13(17-18-14)8-9-4-3-7-12(16-9)15(20)21/h1-7,20H,8-12H2,(H,23,25);1-7H,8H2,(H,18,19)(H,20,21). The van der Waals surface area contributed by atoms with Crippen LogP contribution >= 0.6 is 0 Å². The number of benzene rings is 2. The summed E-state index contributed by atoms with van der Waals surface area (Å²) in [4.78, 5) is 57.6. The molecule has 1 aliphatic rings. The highest BCUT2D eigenvalue weighted by atomic mass is 16.4. The molecule has 0 radical (unpaired) electrons. The number of aromatic amines is 2. The number of aromatic carboxylic acids is 1. The average molecular weight is 631 g/mol. The van der Waals surface area contributed by atoms with Crippen LogP contribution in [0, 0.1) is 0 Å². The first-order chi connectivity index (χ1) is 22.9. The zero-order chi connectivity index (χ0) is 32.8. The number of hydrogen-bond acceptors (Lipinski definition) is 9. The lowest BCUT2D eigenvalue weighted by Gasteiger charge is -2.27. The van der Waals surface area contributed by atoms with Crippen molar-refractivity contribution in [2.24, 2.45) is 0 Å². The number of carboxylic acid groups (broad SMARTS) is 1. The number of rotatable bonds is 6. The number of pyridine rings is 2. The normalized spacial score (nSPS) is 12.8. The molecule has 6 aromatic rings. The lowest BCUT2D eigenvalue weighted by atomic mass is 10.1. The van der Waals surface area contributed by atoms with Crippen LogP contribution in [0.15, 0.2) is 94.5 Å². The predicted molar refractivity (Wildman–Crippen MR) is 175 cm³/mol. The maximum absolute atomic E-state index is 12.6. The first-order valence-electron chi connectivity index (χ1n) is 14.9. The zero-order valence-corrected chi connectivity index (χ0v) is 25.1. The Morgan fingerprint density at radius 1 is 0.638 bits per heavy atom.